The van der Waals surface area contributed by atoms with Gasteiger partial charge in [-0.05, 0) is 49.9 Å². The van der Waals surface area contributed by atoms with Gasteiger partial charge >= 0.3 is 5.97 Å². The van der Waals surface area contributed by atoms with Crippen LogP contribution in [-0.2, 0) is 4.79 Å². The van der Waals surface area contributed by atoms with Gasteiger partial charge < -0.3 is 10.8 Å². The van der Waals surface area contributed by atoms with E-state index >= 15 is 0 Å². The second kappa shape index (κ2) is 5.17. The molecule has 1 aliphatic rings. The number of rotatable bonds is 4. The van der Waals surface area contributed by atoms with E-state index in [0.29, 0.717) is 5.92 Å². The first-order valence-corrected chi connectivity index (χ1v) is 6.35. The maximum Gasteiger partial charge on any atom is 0.303 e. The van der Waals surface area contributed by atoms with Crippen molar-refractivity contribution in [3.05, 3.63) is 0 Å². The summed E-state index contributed by atoms with van der Waals surface area (Å²) in [5, 5.41) is 9.00. The Labute approximate surface area is 98.4 Å². The van der Waals surface area contributed by atoms with Crippen LogP contribution in [-0.4, -0.2) is 17.1 Å². The van der Waals surface area contributed by atoms with Gasteiger partial charge in [-0.2, -0.15) is 0 Å². The number of carboxylic acids is 1. The number of aliphatic carboxylic acids is 1. The SMILES string of the molecule is CC(C)C1CCC(CC(=O)O)(C(C)N)CC1. The van der Waals surface area contributed by atoms with E-state index in [9.17, 15) is 4.79 Å². The van der Waals surface area contributed by atoms with E-state index in [1.54, 1.807) is 0 Å². The molecule has 3 N–H and O–H groups in total. The Bertz CT molecular complexity index is 240. The van der Waals surface area contributed by atoms with Gasteiger partial charge in [-0.15, -0.1) is 0 Å². The third-order valence-corrected chi connectivity index (χ3v) is 4.44. The average Bonchev–Trinajstić information content (AvgIpc) is 2.17. The van der Waals surface area contributed by atoms with Gasteiger partial charge in [-0.3, -0.25) is 4.79 Å². The van der Waals surface area contributed by atoms with Crippen LogP contribution in [0.25, 0.3) is 0 Å². The van der Waals surface area contributed by atoms with Crippen LogP contribution in [0, 0.1) is 17.3 Å². The van der Waals surface area contributed by atoms with E-state index in [0.717, 1.165) is 31.6 Å². The molecular formula is C13H25NO2. The highest BCUT2D eigenvalue weighted by Gasteiger charge is 2.40. The molecule has 3 heteroatoms. The Morgan fingerprint density at radius 2 is 1.88 bits per heavy atom. The highest BCUT2D eigenvalue weighted by Crippen LogP contribution is 2.45. The Kier molecular flexibility index (Phi) is 4.36. The van der Waals surface area contributed by atoms with Crippen molar-refractivity contribution in [3.63, 3.8) is 0 Å². The molecule has 1 rings (SSSR count). The van der Waals surface area contributed by atoms with Crippen molar-refractivity contribution in [1.82, 2.24) is 0 Å². The summed E-state index contributed by atoms with van der Waals surface area (Å²) in [7, 11) is 0. The van der Waals surface area contributed by atoms with E-state index in [4.69, 9.17) is 10.8 Å². The largest absolute Gasteiger partial charge is 0.481 e. The molecule has 1 fully saturated rings. The van der Waals surface area contributed by atoms with Gasteiger partial charge in [0.15, 0.2) is 0 Å². The number of carbonyl (C=O) groups is 1. The van der Waals surface area contributed by atoms with Crippen molar-refractivity contribution in [3.8, 4) is 0 Å². The lowest BCUT2D eigenvalue weighted by atomic mass is 9.63. The molecule has 3 nitrogen and oxygen atoms in total. The first kappa shape index (κ1) is 13.5. The molecule has 0 amide bonds. The number of hydrogen-bond donors (Lipinski definition) is 2. The van der Waals surface area contributed by atoms with Crippen LogP contribution < -0.4 is 5.73 Å². The zero-order chi connectivity index (χ0) is 12.3. The van der Waals surface area contributed by atoms with Gasteiger partial charge in [-0.1, -0.05) is 13.8 Å². The van der Waals surface area contributed by atoms with Crippen LogP contribution in [0.1, 0.15) is 52.9 Å². The van der Waals surface area contributed by atoms with Crippen molar-refractivity contribution in [2.24, 2.45) is 23.0 Å². The monoisotopic (exact) mass is 227 g/mol. The Balaban J connectivity index is 2.66. The van der Waals surface area contributed by atoms with E-state index in [1.807, 2.05) is 6.92 Å². The fourth-order valence-corrected chi connectivity index (χ4v) is 2.98. The van der Waals surface area contributed by atoms with Gasteiger partial charge in [0.05, 0.1) is 6.42 Å². The van der Waals surface area contributed by atoms with Gasteiger partial charge in [-0.25, -0.2) is 0 Å². The standard InChI is InChI=1S/C13H25NO2/c1-9(2)11-4-6-13(7-5-11,10(3)14)8-12(15)16/h9-11H,4-8,14H2,1-3H3,(H,15,16). The van der Waals surface area contributed by atoms with Crippen LogP contribution >= 0.6 is 0 Å². The summed E-state index contributed by atoms with van der Waals surface area (Å²) >= 11 is 0. The molecule has 1 unspecified atom stereocenters. The lowest BCUT2D eigenvalue weighted by Crippen LogP contribution is -2.44. The normalized spacial score (nSPS) is 32.7. The molecule has 1 atom stereocenters. The van der Waals surface area contributed by atoms with Crippen LogP contribution in [0.5, 0.6) is 0 Å². The lowest BCUT2D eigenvalue weighted by molar-refractivity contribution is -0.141. The summed E-state index contributed by atoms with van der Waals surface area (Å²) in [5.74, 6) is 0.747. The summed E-state index contributed by atoms with van der Waals surface area (Å²) in [6.45, 7) is 6.46. The second-order valence-corrected chi connectivity index (χ2v) is 5.80. The van der Waals surface area contributed by atoms with Crippen LogP contribution in [0.2, 0.25) is 0 Å². The van der Waals surface area contributed by atoms with Crippen LogP contribution in [0.15, 0.2) is 0 Å². The summed E-state index contributed by atoms with van der Waals surface area (Å²) in [4.78, 5) is 10.9. The van der Waals surface area contributed by atoms with Crippen LogP contribution in [0.4, 0.5) is 0 Å². The minimum Gasteiger partial charge on any atom is -0.481 e. The molecular weight excluding hydrogens is 202 g/mol. The average molecular weight is 227 g/mol. The molecule has 0 bridgehead atoms. The second-order valence-electron chi connectivity index (χ2n) is 5.80. The van der Waals surface area contributed by atoms with Crippen molar-refractivity contribution in [2.75, 3.05) is 0 Å². The molecule has 1 saturated carbocycles. The molecule has 0 aromatic heterocycles. The van der Waals surface area contributed by atoms with E-state index < -0.39 is 5.97 Å². The highest BCUT2D eigenvalue weighted by atomic mass is 16.4. The van der Waals surface area contributed by atoms with Crippen LogP contribution in [0.3, 0.4) is 0 Å². The molecule has 16 heavy (non-hydrogen) atoms. The molecule has 0 aliphatic heterocycles. The minimum absolute atomic E-state index is 0.0169. The molecule has 0 spiro atoms. The zero-order valence-corrected chi connectivity index (χ0v) is 10.7. The topological polar surface area (TPSA) is 63.3 Å². The maximum absolute atomic E-state index is 10.9. The predicted molar refractivity (Wildman–Crippen MR) is 65.1 cm³/mol. The number of carboxylic acid groups (broad SMARTS) is 1. The molecule has 0 aromatic carbocycles. The summed E-state index contributed by atoms with van der Waals surface area (Å²) < 4.78 is 0. The maximum atomic E-state index is 10.9. The zero-order valence-electron chi connectivity index (χ0n) is 10.7. The quantitative estimate of drug-likeness (QED) is 0.776. The summed E-state index contributed by atoms with van der Waals surface area (Å²) in [6.07, 6.45) is 4.44. The van der Waals surface area contributed by atoms with Crippen molar-refractivity contribution < 1.29 is 9.90 Å². The van der Waals surface area contributed by atoms with E-state index in [1.165, 1.54) is 0 Å². The van der Waals surface area contributed by atoms with Crippen molar-refractivity contribution >= 4 is 5.97 Å². The van der Waals surface area contributed by atoms with Gasteiger partial charge in [0.2, 0.25) is 0 Å². The first-order chi connectivity index (χ1) is 7.37. The van der Waals surface area contributed by atoms with Crippen molar-refractivity contribution in [2.45, 2.75) is 58.9 Å². The molecule has 94 valence electrons. The Hall–Kier alpha value is -0.570. The highest BCUT2D eigenvalue weighted by molar-refractivity contribution is 5.67. The third kappa shape index (κ3) is 2.97. The number of nitrogens with two attached hydrogens (primary N) is 1. The molecule has 0 aromatic rings. The summed E-state index contributed by atoms with van der Waals surface area (Å²) in [6, 6.07) is -0.0169. The van der Waals surface area contributed by atoms with E-state index in [-0.39, 0.29) is 17.9 Å². The van der Waals surface area contributed by atoms with E-state index in [2.05, 4.69) is 13.8 Å². The Morgan fingerprint density at radius 3 is 2.19 bits per heavy atom. The predicted octanol–water partition coefficient (Wildman–Crippen LogP) is 2.64. The lowest BCUT2D eigenvalue weighted by Gasteiger charge is -2.43. The summed E-state index contributed by atoms with van der Waals surface area (Å²) in [5.41, 5.74) is 5.85. The fourth-order valence-electron chi connectivity index (χ4n) is 2.98. The number of hydrogen-bond acceptors (Lipinski definition) is 2. The third-order valence-electron chi connectivity index (χ3n) is 4.44. The van der Waals surface area contributed by atoms with Crippen molar-refractivity contribution in [1.29, 1.82) is 0 Å². The molecule has 0 saturated heterocycles. The first-order valence-electron chi connectivity index (χ1n) is 6.35. The minimum atomic E-state index is -0.708. The van der Waals surface area contributed by atoms with Gasteiger partial charge in [0.25, 0.3) is 0 Å². The van der Waals surface area contributed by atoms with Gasteiger partial charge in [0, 0.05) is 6.04 Å². The van der Waals surface area contributed by atoms with Gasteiger partial charge in [0.1, 0.15) is 0 Å². The molecule has 0 heterocycles. The molecule has 1 aliphatic carbocycles. The molecule has 0 radical (unpaired) electrons. The smallest absolute Gasteiger partial charge is 0.303 e. The Morgan fingerprint density at radius 1 is 1.38 bits per heavy atom. The fraction of sp³-hybridized carbons (Fsp3) is 0.923.